The molecule has 0 aliphatic rings. The second-order valence-corrected chi connectivity index (χ2v) is 9.10. The van der Waals surface area contributed by atoms with Crippen LogP contribution in [0.1, 0.15) is 155 Å². The molecule has 0 N–H and O–H groups in total. The lowest BCUT2D eigenvalue weighted by molar-refractivity contribution is 0.0406. The van der Waals surface area contributed by atoms with Gasteiger partial charge in [-0.3, -0.25) is 4.39 Å². The average Bonchev–Trinajstić information content (AvgIpc) is 2.74. The fourth-order valence-electron chi connectivity index (χ4n) is 4.13. The van der Waals surface area contributed by atoms with Gasteiger partial charge in [0, 0.05) is 6.61 Å². The minimum absolute atomic E-state index is 0.148. The summed E-state index contributed by atoms with van der Waals surface area (Å²) in [6.45, 7) is 5.34. The number of rotatable bonds is 25. The molecule has 0 amide bonds. The van der Waals surface area contributed by atoms with E-state index in [2.05, 4.69) is 13.8 Å². The van der Waals surface area contributed by atoms with Crippen LogP contribution >= 0.6 is 0 Å². The molecule has 0 aromatic carbocycles. The summed E-state index contributed by atoms with van der Waals surface area (Å²) in [5, 5.41) is 0. The lowest BCUT2D eigenvalue weighted by Crippen LogP contribution is -2.12. The van der Waals surface area contributed by atoms with E-state index < -0.39 is 0 Å². The van der Waals surface area contributed by atoms with Gasteiger partial charge in [0.25, 0.3) is 0 Å². The first-order valence-corrected chi connectivity index (χ1v) is 13.5. The molecule has 0 aromatic heterocycles. The number of ether oxygens (including phenoxy) is 1. The van der Waals surface area contributed by atoms with Crippen LogP contribution in [0.15, 0.2) is 0 Å². The van der Waals surface area contributed by atoms with Crippen LogP contribution in [0.25, 0.3) is 0 Å². The van der Waals surface area contributed by atoms with Crippen molar-refractivity contribution < 1.29 is 9.13 Å². The molecule has 0 rings (SSSR count). The molecule has 1 unspecified atom stereocenters. The Morgan fingerprint density at radius 1 is 0.517 bits per heavy atom. The second-order valence-electron chi connectivity index (χ2n) is 9.10. The van der Waals surface area contributed by atoms with Crippen LogP contribution in [-0.4, -0.2) is 19.4 Å². The normalized spacial score (nSPS) is 12.5. The van der Waals surface area contributed by atoms with Crippen molar-refractivity contribution in [3.8, 4) is 0 Å². The third kappa shape index (κ3) is 24.0. The van der Waals surface area contributed by atoms with Gasteiger partial charge in [0.15, 0.2) is 0 Å². The van der Waals surface area contributed by atoms with Crippen molar-refractivity contribution in [2.24, 2.45) is 0 Å². The molecule has 0 saturated carbocycles. The zero-order valence-electron chi connectivity index (χ0n) is 20.3. The van der Waals surface area contributed by atoms with Crippen molar-refractivity contribution in [3.63, 3.8) is 0 Å². The first-order chi connectivity index (χ1) is 14.3. The van der Waals surface area contributed by atoms with Crippen LogP contribution in [0.3, 0.4) is 0 Å². The van der Waals surface area contributed by atoms with Gasteiger partial charge in [-0.05, 0) is 25.7 Å². The summed E-state index contributed by atoms with van der Waals surface area (Å²) >= 11 is 0. The largest absolute Gasteiger partial charge is 0.378 e. The Morgan fingerprint density at radius 3 is 1.38 bits per heavy atom. The molecular weight excluding hydrogens is 359 g/mol. The molecular formula is C27H55FO. The summed E-state index contributed by atoms with van der Waals surface area (Å²) in [6.07, 6.45) is 29.4. The summed E-state index contributed by atoms with van der Waals surface area (Å²) in [7, 11) is 0. The molecule has 0 bridgehead atoms. The van der Waals surface area contributed by atoms with E-state index >= 15 is 0 Å². The van der Waals surface area contributed by atoms with Gasteiger partial charge in [-0.1, -0.05) is 129 Å². The zero-order chi connectivity index (χ0) is 21.3. The molecule has 0 fully saturated rings. The maximum atomic E-state index is 12.0. The van der Waals surface area contributed by atoms with E-state index in [4.69, 9.17) is 4.74 Å². The van der Waals surface area contributed by atoms with Crippen molar-refractivity contribution >= 4 is 0 Å². The quantitative estimate of drug-likeness (QED) is 0.135. The predicted octanol–water partition coefficient (Wildman–Crippen LogP) is 9.96. The van der Waals surface area contributed by atoms with Gasteiger partial charge in [0.05, 0.1) is 12.8 Å². The average molecular weight is 415 g/mol. The Morgan fingerprint density at radius 2 is 0.931 bits per heavy atom. The molecule has 0 heterocycles. The lowest BCUT2D eigenvalue weighted by Gasteiger charge is -2.16. The summed E-state index contributed by atoms with van der Waals surface area (Å²) in [4.78, 5) is 0. The van der Waals surface area contributed by atoms with E-state index in [1.807, 2.05) is 0 Å². The Labute approximate surface area is 184 Å². The molecule has 0 radical (unpaired) electrons. The standard InChI is InChI=1S/C27H55FO/c1-3-5-6-7-8-9-10-11-12-13-14-17-20-23-26-29-27(4-2)24-21-18-15-16-19-22-25-28/h27H,3-26H2,1-2H3. The predicted molar refractivity (Wildman–Crippen MR) is 129 cm³/mol. The molecule has 1 atom stereocenters. The topological polar surface area (TPSA) is 9.23 Å². The number of halogens is 1. The minimum Gasteiger partial charge on any atom is -0.378 e. The van der Waals surface area contributed by atoms with Crippen molar-refractivity contribution in [2.75, 3.05) is 13.3 Å². The van der Waals surface area contributed by atoms with Gasteiger partial charge < -0.3 is 4.74 Å². The van der Waals surface area contributed by atoms with Gasteiger partial charge in [0.2, 0.25) is 0 Å². The maximum Gasteiger partial charge on any atom is 0.0894 e. The van der Waals surface area contributed by atoms with Crippen LogP contribution in [-0.2, 0) is 4.74 Å². The van der Waals surface area contributed by atoms with Gasteiger partial charge in [-0.25, -0.2) is 0 Å². The molecule has 0 aromatic rings. The second kappa shape index (κ2) is 25.9. The van der Waals surface area contributed by atoms with E-state index in [0.717, 1.165) is 25.9 Å². The van der Waals surface area contributed by atoms with Crippen molar-refractivity contribution in [3.05, 3.63) is 0 Å². The minimum atomic E-state index is -0.148. The van der Waals surface area contributed by atoms with E-state index in [9.17, 15) is 4.39 Å². The van der Waals surface area contributed by atoms with Crippen molar-refractivity contribution in [1.82, 2.24) is 0 Å². The molecule has 0 saturated heterocycles. The van der Waals surface area contributed by atoms with Gasteiger partial charge in [-0.15, -0.1) is 0 Å². The number of hydrogen-bond acceptors (Lipinski definition) is 1. The Balaban J connectivity index is 3.23. The Bertz CT molecular complexity index is 282. The molecule has 1 nitrogen and oxygen atoms in total. The van der Waals surface area contributed by atoms with E-state index in [1.54, 1.807) is 0 Å². The van der Waals surface area contributed by atoms with Crippen LogP contribution in [0.2, 0.25) is 0 Å². The first-order valence-electron chi connectivity index (χ1n) is 13.5. The van der Waals surface area contributed by atoms with Crippen LogP contribution in [0, 0.1) is 0 Å². The molecule has 29 heavy (non-hydrogen) atoms. The smallest absolute Gasteiger partial charge is 0.0894 e. The van der Waals surface area contributed by atoms with Gasteiger partial charge >= 0.3 is 0 Å². The third-order valence-electron chi connectivity index (χ3n) is 6.22. The fourth-order valence-corrected chi connectivity index (χ4v) is 4.13. The van der Waals surface area contributed by atoms with Crippen molar-refractivity contribution in [2.45, 2.75) is 161 Å². The Kier molecular flexibility index (Phi) is 25.8. The first kappa shape index (κ1) is 28.9. The molecule has 2 heteroatoms. The summed E-state index contributed by atoms with van der Waals surface area (Å²) in [5.74, 6) is 0. The number of unbranched alkanes of at least 4 members (excludes halogenated alkanes) is 18. The highest BCUT2D eigenvalue weighted by atomic mass is 19.1. The molecule has 0 spiro atoms. The molecule has 0 aliphatic heterocycles. The SMILES string of the molecule is CCCCCCCCCCCCCCCCOC(CC)CCCCCCCCF. The van der Waals surface area contributed by atoms with Gasteiger partial charge in [0.1, 0.15) is 0 Å². The fraction of sp³-hybridized carbons (Fsp3) is 1.00. The number of hydrogen-bond donors (Lipinski definition) is 0. The number of alkyl halides is 1. The van der Waals surface area contributed by atoms with Crippen LogP contribution in [0.5, 0.6) is 0 Å². The van der Waals surface area contributed by atoms with E-state index in [0.29, 0.717) is 6.10 Å². The lowest BCUT2D eigenvalue weighted by atomic mass is 10.0. The summed E-state index contributed by atoms with van der Waals surface area (Å²) in [6, 6.07) is 0. The molecule has 176 valence electrons. The van der Waals surface area contributed by atoms with Gasteiger partial charge in [-0.2, -0.15) is 0 Å². The maximum absolute atomic E-state index is 12.0. The van der Waals surface area contributed by atoms with Crippen molar-refractivity contribution in [1.29, 1.82) is 0 Å². The van der Waals surface area contributed by atoms with E-state index in [-0.39, 0.29) is 6.67 Å². The van der Waals surface area contributed by atoms with Crippen LogP contribution < -0.4 is 0 Å². The van der Waals surface area contributed by atoms with E-state index in [1.165, 1.54) is 122 Å². The highest BCUT2D eigenvalue weighted by Crippen LogP contribution is 2.15. The monoisotopic (exact) mass is 414 g/mol. The molecule has 0 aliphatic carbocycles. The zero-order valence-corrected chi connectivity index (χ0v) is 20.3. The van der Waals surface area contributed by atoms with Crippen LogP contribution in [0.4, 0.5) is 4.39 Å². The highest BCUT2D eigenvalue weighted by molar-refractivity contribution is 4.57. The Hall–Kier alpha value is -0.110. The highest BCUT2D eigenvalue weighted by Gasteiger charge is 2.06. The third-order valence-corrected chi connectivity index (χ3v) is 6.22. The summed E-state index contributed by atoms with van der Waals surface area (Å²) in [5.41, 5.74) is 0. The summed E-state index contributed by atoms with van der Waals surface area (Å²) < 4.78 is 18.1.